The highest BCUT2D eigenvalue weighted by atomic mass is 79.9. The summed E-state index contributed by atoms with van der Waals surface area (Å²) in [5.74, 6) is 0.281. The molecule has 0 unspecified atom stereocenters. The standard InChI is InChI=1S/C14H14BrN3O2/c1-8-12(3-4-13(15)17-8)18-14(19)9-5-10(16)7-11(6-9)20-2/h3-7H,16H2,1-2H3,(H,18,19). The Kier molecular flexibility index (Phi) is 4.24. The van der Waals surface area contributed by atoms with E-state index in [4.69, 9.17) is 10.5 Å². The van der Waals surface area contributed by atoms with Gasteiger partial charge in [0.25, 0.3) is 5.91 Å². The second kappa shape index (κ2) is 5.92. The Labute approximate surface area is 125 Å². The van der Waals surface area contributed by atoms with Crippen LogP contribution in [0.4, 0.5) is 11.4 Å². The number of hydrogen-bond acceptors (Lipinski definition) is 4. The molecule has 0 bridgehead atoms. The van der Waals surface area contributed by atoms with Gasteiger partial charge in [0.1, 0.15) is 10.4 Å². The Hall–Kier alpha value is -2.08. The maximum absolute atomic E-state index is 12.2. The van der Waals surface area contributed by atoms with E-state index >= 15 is 0 Å². The van der Waals surface area contributed by atoms with Crippen molar-refractivity contribution in [2.75, 3.05) is 18.2 Å². The first-order valence-electron chi connectivity index (χ1n) is 5.88. The molecule has 0 atom stereocenters. The molecule has 0 saturated carbocycles. The summed E-state index contributed by atoms with van der Waals surface area (Å²) in [6.45, 7) is 1.82. The zero-order valence-corrected chi connectivity index (χ0v) is 12.7. The van der Waals surface area contributed by atoms with E-state index in [-0.39, 0.29) is 5.91 Å². The van der Waals surface area contributed by atoms with Gasteiger partial charge >= 0.3 is 0 Å². The molecule has 1 aromatic carbocycles. The van der Waals surface area contributed by atoms with E-state index in [0.29, 0.717) is 22.7 Å². The van der Waals surface area contributed by atoms with Crippen LogP contribution in [0, 0.1) is 6.92 Å². The largest absolute Gasteiger partial charge is 0.497 e. The second-order valence-electron chi connectivity index (χ2n) is 4.22. The Balaban J connectivity index is 2.26. The van der Waals surface area contributed by atoms with Gasteiger partial charge in [-0.25, -0.2) is 4.98 Å². The highest BCUT2D eigenvalue weighted by Crippen LogP contribution is 2.21. The SMILES string of the molecule is COc1cc(N)cc(C(=O)Nc2ccc(Br)nc2C)c1. The summed E-state index contributed by atoms with van der Waals surface area (Å²) in [5, 5.41) is 2.80. The first kappa shape index (κ1) is 14.3. The lowest BCUT2D eigenvalue weighted by atomic mass is 10.1. The summed E-state index contributed by atoms with van der Waals surface area (Å²) in [6, 6.07) is 8.44. The van der Waals surface area contributed by atoms with E-state index in [0.717, 1.165) is 10.3 Å². The third kappa shape index (κ3) is 3.27. The van der Waals surface area contributed by atoms with Gasteiger partial charge in [0.2, 0.25) is 0 Å². The molecule has 1 aromatic heterocycles. The van der Waals surface area contributed by atoms with Crippen molar-refractivity contribution in [1.29, 1.82) is 0 Å². The van der Waals surface area contributed by atoms with Crippen LogP contribution in [0.25, 0.3) is 0 Å². The van der Waals surface area contributed by atoms with Gasteiger partial charge in [0.15, 0.2) is 0 Å². The Bertz CT molecular complexity index is 659. The number of methoxy groups -OCH3 is 1. The predicted octanol–water partition coefficient (Wildman–Crippen LogP) is 3.00. The fraction of sp³-hybridized carbons (Fsp3) is 0.143. The van der Waals surface area contributed by atoms with Gasteiger partial charge in [0, 0.05) is 17.3 Å². The monoisotopic (exact) mass is 335 g/mol. The van der Waals surface area contributed by atoms with Crippen LogP contribution in [0.15, 0.2) is 34.9 Å². The van der Waals surface area contributed by atoms with E-state index in [9.17, 15) is 4.79 Å². The molecule has 0 fully saturated rings. The van der Waals surface area contributed by atoms with Crippen LogP contribution in [0.3, 0.4) is 0 Å². The van der Waals surface area contributed by atoms with Gasteiger partial charge in [-0.1, -0.05) is 0 Å². The zero-order valence-electron chi connectivity index (χ0n) is 11.1. The number of aromatic nitrogens is 1. The number of rotatable bonds is 3. The number of benzene rings is 1. The fourth-order valence-corrected chi connectivity index (χ4v) is 2.13. The molecular formula is C14H14BrN3O2. The van der Waals surface area contributed by atoms with E-state index in [1.165, 1.54) is 7.11 Å². The van der Waals surface area contributed by atoms with Crippen LogP contribution in [0.1, 0.15) is 16.1 Å². The van der Waals surface area contributed by atoms with Crippen molar-refractivity contribution >= 4 is 33.2 Å². The first-order valence-corrected chi connectivity index (χ1v) is 6.68. The summed E-state index contributed by atoms with van der Waals surface area (Å²) in [4.78, 5) is 16.4. The quantitative estimate of drug-likeness (QED) is 0.667. The zero-order chi connectivity index (χ0) is 14.7. The van der Waals surface area contributed by atoms with E-state index in [2.05, 4.69) is 26.2 Å². The lowest BCUT2D eigenvalue weighted by Crippen LogP contribution is -2.13. The van der Waals surface area contributed by atoms with Crippen molar-refractivity contribution in [3.63, 3.8) is 0 Å². The molecule has 20 heavy (non-hydrogen) atoms. The molecule has 6 heteroatoms. The molecule has 0 aliphatic rings. The average molecular weight is 336 g/mol. The summed E-state index contributed by atoms with van der Waals surface area (Å²) < 4.78 is 5.82. The molecule has 0 saturated heterocycles. The van der Waals surface area contributed by atoms with Crippen LogP contribution < -0.4 is 15.8 Å². The number of amides is 1. The second-order valence-corrected chi connectivity index (χ2v) is 5.03. The van der Waals surface area contributed by atoms with Crippen LogP contribution in [0.2, 0.25) is 0 Å². The summed E-state index contributed by atoms with van der Waals surface area (Å²) in [5.41, 5.74) is 8.02. The molecule has 0 radical (unpaired) electrons. The smallest absolute Gasteiger partial charge is 0.255 e. The highest BCUT2D eigenvalue weighted by molar-refractivity contribution is 9.10. The molecule has 2 rings (SSSR count). The predicted molar refractivity (Wildman–Crippen MR) is 82.0 cm³/mol. The third-order valence-corrected chi connectivity index (χ3v) is 3.17. The lowest BCUT2D eigenvalue weighted by Gasteiger charge is -2.09. The molecule has 104 valence electrons. The van der Waals surface area contributed by atoms with Crippen molar-refractivity contribution in [2.45, 2.75) is 6.92 Å². The summed E-state index contributed by atoms with van der Waals surface area (Å²) in [6.07, 6.45) is 0. The Morgan fingerprint density at radius 3 is 2.75 bits per heavy atom. The van der Waals surface area contributed by atoms with Crippen molar-refractivity contribution in [1.82, 2.24) is 4.98 Å². The molecule has 0 aliphatic carbocycles. The first-order chi connectivity index (χ1) is 9.49. The summed E-state index contributed by atoms with van der Waals surface area (Å²) >= 11 is 3.28. The van der Waals surface area contributed by atoms with E-state index in [1.807, 2.05) is 6.92 Å². The number of nitrogens with zero attached hydrogens (tertiary/aromatic N) is 1. The number of halogens is 1. The van der Waals surface area contributed by atoms with Gasteiger partial charge in [-0.15, -0.1) is 0 Å². The molecular weight excluding hydrogens is 322 g/mol. The number of aryl methyl sites for hydroxylation is 1. The molecule has 2 aromatic rings. The number of ether oxygens (including phenoxy) is 1. The molecule has 3 N–H and O–H groups in total. The third-order valence-electron chi connectivity index (χ3n) is 2.73. The van der Waals surface area contributed by atoms with Crippen molar-refractivity contribution in [3.8, 4) is 5.75 Å². The lowest BCUT2D eigenvalue weighted by molar-refractivity contribution is 0.102. The minimum Gasteiger partial charge on any atom is -0.497 e. The highest BCUT2D eigenvalue weighted by Gasteiger charge is 2.10. The van der Waals surface area contributed by atoms with Gasteiger partial charge in [0.05, 0.1) is 18.5 Å². The number of anilines is 2. The summed E-state index contributed by atoms with van der Waals surface area (Å²) in [7, 11) is 1.53. The van der Waals surface area contributed by atoms with Crippen LogP contribution in [-0.4, -0.2) is 18.0 Å². The van der Waals surface area contributed by atoms with Crippen molar-refractivity contribution in [3.05, 3.63) is 46.2 Å². The number of nitrogens with two attached hydrogens (primary N) is 1. The Morgan fingerprint density at radius 2 is 2.10 bits per heavy atom. The number of pyridine rings is 1. The van der Waals surface area contributed by atoms with Crippen molar-refractivity contribution < 1.29 is 9.53 Å². The number of carbonyl (C=O) groups excluding carboxylic acids is 1. The number of hydrogen-bond donors (Lipinski definition) is 2. The van der Waals surface area contributed by atoms with Gasteiger partial charge < -0.3 is 15.8 Å². The number of carbonyl (C=O) groups is 1. The van der Waals surface area contributed by atoms with E-state index < -0.39 is 0 Å². The van der Waals surface area contributed by atoms with E-state index in [1.54, 1.807) is 30.3 Å². The van der Waals surface area contributed by atoms with Crippen LogP contribution >= 0.6 is 15.9 Å². The van der Waals surface area contributed by atoms with Crippen molar-refractivity contribution in [2.24, 2.45) is 0 Å². The van der Waals surface area contributed by atoms with Gasteiger partial charge in [-0.05, 0) is 47.1 Å². The topological polar surface area (TPSA) is 77.2 Å². The number of nitrogens with one attached hydrogen (secondary N) is 1. The maximum atomic E-state index is 12.2. The molecule has 0 spiro atoms. The maximum Gasteiger partial charge on any atom is 0.255 e. The minimum absolute atomic E-state index is 0.261. The molecule has 0 aliphatic heterocycles. The molecule has 5 nitrogen and oxygen atoms in total. The molecule has 1 heterocycles. The normalized spacial score (nSPS) is 10.2. The van der Waals surface area contributed by atoms with Gasteiger partial charge in [-0.3, -0.25) is 4.79 Å². The van der Waals surface area contributed by atoms with Crippen LogP contribution in [-0.2, 0) is 0 Å². The minimum atomic E-state index is -0.261. The average Bonchev–Trinajstić information content (AvgIpc) is 2.41. The molecule has 1 amide bonds. The Morgan fingerprint density at radius 1 is 1.35 bits per heavy atom. The van der Waals surface area contributed by atoms with Gasteiger partial charge in [-0.2, -0.15) is 0 Å². The fourth-order valence-electron chi connectivity index (χ4n) is 1.73. The van der Waals surface area contributed by atoms with Crippen LogP contribution in [0.5, 0.6) is 5.75 Å². The number of nitrogen functional groups attached to an aromatic ring is 1.